The van der Waals surface area contributed by atoms with Crippen molar-refractivity contribution >= 4 is 17.4 Å². The number of benzene rings is 1. The highest BCUT2D eigenvalue weighted by molar-refractivity contribution is 6.02. The van der Waals surface area contributed by atoms with Gasteiger partial charge in [-0.25, -0.2) is 9.97 Å². The van der Waals surface area contributed by atoms with E-state index < -0.39 is 0 Å². The van der Waals surface area contributed by atoms with Gasteiger partial charge in [-0.1, -0.05) is 0 Å². The van der Waals surface area contributed by atoms with Crippen LogP contribution in [0.4, 0.5) is 11.5 Å². The van der Waals surface area contributed by atoms with E-state index in [0.29, 0.717) is 11.4 Å². The van der Waals surface area contributed by atoms with Crippen molar-refractivity contribution in [3.05, 3.63) is 42.4 Å². The molecule has 25 heavy (non-hydrogen) atoms. The molecule has 1 aliphatic rings. The molecule has 0 bridgehead atoms. The molecule has 1 N–H and O–H groups in total. The molecule has 1 amide bonds. The van der Waals surface area contributed by atoms with Gasteiger partial charge in [-0.2, -0.15) is 0 Å². The van der Waals surface area contributed by atoms with Gasteiger partial charge < -0.3 is 15.0 Å². The van der Waals surface area contributed by atoms with Crippen LogP contribution < -0.4 is 15.0 Å². The molecule has 1 aliphatic heterocycles. The molecule has 0 saturated carbocycles. The van der Waals surface area contributed by atoms with E-state index >= 15 is 0 Å². The van der Waals surface area contributed by atoms with Crippen LogP contribution in [0, 0.1) is 0 Å². The van der Waals surface area contributed by atoms with Crippen LogP contribution in [0.3, 0.4) is 0 Å². The van der Waals surface area contributed by atoms with Gasteiger partial charge in [0.25, 0.3) is 5.91 Å². The molecule has 6 heteroatoms. The summed E-state index contributed by atoms with van der Waals surface area (Å²) >= 11 is 0. The zero-order valence-electron chi connectivity index (χ0n) is 14.7. The quantitative estimate of drug-likeness (QED) is 0.902. The first kappa shape index (κ1) is 17.2. The largest absolute Gasteiger partial charge is 0.491 e. The fourth-order valence-corrected chi connectivity index (χ4v) is 2.81. The molecule has 1 saturated heterocycles. The molecular weight excluding hydrogens is 316 g/mol. The first-order chi connectivity index (χ1) is 12.1. The van der Waals surface area contributed by atoms with Crippen molar-refractivity contribution in [1.29, 1.82) is 0 Å². The van der Waals surface area contributed by atoms with Crippen LogP contribution >= 0.6 is 0 Å². The van der Waals surface area contributed by atoms with Gasteiger partial charge in [-0.15, -0.1) is 0 Å². The number of carbonyl (C=O) groups excluding carboxylic acids is 1. The minimum Gasteiger partial charge on any atom is -0.491 e. The number of hydrogen-bond acceptors (Lipinski definition) is 5. The molecule has 0 spiro atoms. The lowest BCUT2D eigenvalue weighted by molar-refractivity contribution is 0.102. The van der Waals surface area contributed by atoms with Gasteiger partial charge in [0.15, 0.2) is 0 Å². The normalized spacial score (nSPS) is 14.4. The summed E-state index contributed by atoms with van der Waals surface area (Å²) in [6.45, 7) is 5.96. The summed E-state index contributed by atoms with van der Waals surface area (Å²) in [4.78, 5) is 23.2. The fourth-order valence-electron chi connectivity index (χ4n) is 2.81. The van der Waals surface area contributed by atoms with Gasteiger partial charge in [-0.05, 0) is 57.4 Å². The fraction of sp³-hybridized carbons (Fsp3) is 0.421. The Morgan fingerprint density at radius 3 is 2.40 bits per heavy atom. The van der Waals surface area contributed by atoms with Gasteiger partial charge in [0.1, 0.15) is 17.3 Å². The van der Waals surface area contributed by atoms with E-state index in [1.807, 2.05) is 38.1 Å². The van der Waals surface area contributed by atoms with Gasteiger partial charge in [0.05, 0.1) is 18.5 Å². The van der Waals surface area contributed by atoms with Gasteiger partial charge >= 0.3 is 0 Å². The van der Waals surface area contributed by atoms with Crippen LogP contribution in [0.15, 0.2) is 36.7 Å². The minimum absolute atomic E-state index is 0.120. The van der Waals surface area contributed by atoms with E-state index in [-0.39, 0.29) is 12.0 Å². The average Bonchev–Trinajstić information content (AvgIpc) is 2.64. The maximum absolute atomic E-state index is 12.3. The number of hydrogen-bond donors (Lipinski definition) is 1. The van der Waals surface area contributed by atoms with Crippen LogP contribution in [0.2, 0.25) is 0 Å². The van der Waals surface area contributed by atoms with E-state index in [2.05, 4.69) is 20.2 Å². The molecule has 3 rings (SSSR count). The highest BCUT2D eigenvalue weighted by Gasteiger charge is 2.14. The number of carbonyl (C=O) groups is 1. The van der Waals surface area contributed by atoms with Crippen LogP contribution in [0.1, 0.15) is 43.6 Å². The van der Waals surface area contributed by atoms with E-state index in [4.69, 9.17) is 4.74 Å². The highest BCUT2D eigenvalue weighted by Crippen LogP contribution is 2.18. The van der Waals surface area contributed by atoms with Crippen molar-refractivity contribution < 1.29 is 9.53 Å². The van der Waals surface area contributed by atoms with Crippen LogP contribution in [-0.2, 0) is 0 Å². The zero-order valence-corrected chi connectivity index (χ0v) is 14.7. The predicted octanol–water partition coefficient (Wildman–Crippen LogP) is 3.51. The lowest BCUT2D eigenvalue weighted by atomic mass is 10.1. The smallest absolute Gasteiger partial charge is 0.275 e. The number of piperidine rings is 1. The summed E-state index contributed by atoms with van der Waals surface area (Å²) in [5.74, 6) is 1.35. The molecule has 0 radical (unpaired) electrons. The Balaban J connectivity index is 1.60. The zero-order chi connectivity index (χ0) is 17.6. The van der Waals surface area contributed by atoms with Crippen LogP contribution in [0.25, 0.3) is 0 Å². The third-order valence-electron chi connectivity index (χ3n) is 4.03. The first-order valence-electron chi connectivity index (χ1n) is 8.77. The van der Waals surface area contributed by atoms with Gasteiger partial charge in [0.2, 0.25) is 0 Å². The second-order valence-electron chi connectivity index (χ2n) is 6.45. The number of ether oxygens (including phenoxy) is 1. The molecule has 2 heterocycles. The van der Waals surface area contributed by atoms with E-state index in [9.17, 15) is 4.79 Å². The Morgan fingerprint density at radius 2 is 1.80 bits per heavy atom. The molecule has 0 unspecified atom stereocenters. The van der Waals surface area contributed by atoms with Crippen molar-refractivity contribution in [2.24, 2.45) is 0 Å². The number of rotatable bonds is 5. The molecule has 2 aromatic rings. The van der Waals surface area contributed by atoms with Crippen molar-refractivity contribution in [3.8, 4) is 5.75 Å². The monoisotopic (exact) mass is 340 g/mol. The Hall–Kier alpha value is -2.63. The standard InChI is InChI=1S/C19H24N4O2/c1-14(2)25-16-8-6-15(7-9-16)22-19(24)17-12-21-18(13-20-17)23-10-4-3-5-11-23/h6-9,12-14H,3-5,10-11H2,1-2H3,(H,22,24). The summed E-state index contributed by atoms with van der Waals surface area (Å²) in [6, 6.07) is 7.29. The average molecular weight is 340 g/mol. The maximum Gasteiger partial charge on any atom is 0.275 e. The van der Waals surface area contributed by atoms with Crippen molar-refractivity contribution in [3.63, 3.8) is 0 Å². The number of nitrogens with one attached hydrogen (secondary N) is 1. The van der Waals surface area contributed by atoms with E-state index in [0.717, 1.165) is 24.7 Å². The van der Waals surface area contributed by atoms with Gasteiger partial charge in [-0.3, -0.25) is 4.79 Å². The van der Waals surface area contributed by atoms with Crippen molar-refractivity contribution in [2.45, 2.75) is 39.2 Å². The van der Waals surface area contributed by atoms with E-state index in [1.165, 1.54) is 25.5 Å². The molecule has 1 aromatic heterocycles. The van der Waals surface area contributed by atoms with Gasteiger partial charge in [0, 0.05) is 18.8 Å². The summed E-state index contributed by atoms with van der Waals surface area (Å²) < 4.78 is 5.59. The SMILES string of the molecule is CC(C)Oc1ccc(NC(=O)c2cnc(N3CCCCC3)cn2)cc1. The van der Waals surface area contributed by atoms with Crippen LogP contribution in [-0.4, -0.2) is 35.1 Å². The summed E-state index contributed by atoms with van der Waals surface area (Å²) in [5.41, 5.74) is 1.01. The maximum atomic E-state index is 12.3. The summed E-state index contributed by atoms with van der Waals surface area (Å²) in [7, 11) is 0. The molecule has 1 fully saturated rings. The Labute approximate surface area is 148 Å². The molecule has 1 aromatic carbocycles. The Kier molecular flexibility index (Phi) is 5.48. The Morgan fingerprint density at radius 1 is 1.08 bits per heavy atom. The topological polar surface area (TPSA) is 67.3 Å². The lowest BCUT2D eigenvalue weighted by Crippen LogP contribution is -2.30. The molecule has 132 valence electrons. The third kappa shape index (κ3) is 4.68. The van der Waals surface area contributed by atoms with E-state index in [1.54, 1.807) is 6.20 Å². The summed E-state index contributed by atoms with van der Waals surface area (Å²) in [6.07, 6.45) is 6.97. The molecule has 0 atom stereocenters. The third-order valence-corrected chi connectivity index (χ3v) is 4.03. The van der Waals surface area contributed by atoms with Crippen molar-refractivity contribution in [1.82, 2.24) is 9.97 Å². The summed E-state index contributed by atoms with van der Waals surface area (Å²) in [5, 5.41) is 2.83. The van der Waals surface area contributed by atoms with Crippen molar-refractivity contribution in [2.75, 3.05) is 23.3 Å². The lowest BCUT2D eigenvalue weighted by Gasteiger charge is -2.27. The number of nitrogens with zero attached hydrogens (tertiary/aromatic N) is 3. The number of amides is 1. The highest BCUT2D eigenvalue weighted by atomic mass is 16.5. The predicted molar refractivity (Wildman–Crippen MR) is 98.3 cm³/mol. The molecular formula is C19H24N4O2. The Bertz CT molecular complexity index is 692. The second kappa shape index (κ2) is 7.96. The second-order valence-corrected chi connectivity index (χ2v) is 6.45. The first-order valence-corrected chi connectivity index (χ1v) is 8.77. The molecule has 0 aliphatic carbocycles. The molecule has 6 nitrogen and oxygen atoms in total. The van der Waals surface area contributed by atoms with Crippen LogP contribution in [0.5, 0.6) is 5.75 Å². The minimum atomic E-state index is -0.268. The number of aromatic nitrogens is 2. The number of anilines is 2.